The number of nitrogens with zero attached hydrogens (tertiary/aromatic N) is 4. The van der Waals surface area contributed by atoms with Crippen LogP contribution in [-0.4, -0.2) is 75.9 Å². The number of imidazole rings is 1. The minimum Gasteiger partial charge on any atom is -0.495 e. The van der Waals surface area contributed by atoms with Gasteiger partial charge >= 0.3 is 6.01 Å². The van der Waals surface area contributed by atoms with Gasteiger partial charge in [0, 0.05) is 37.8 Å². The van der Waals surface area contributed by atoms with Crippen LogP contribution in [0.3, 0.4) is 0 Å². The first-order valence-electron chi connectivity index (χ1n) is 15.3. The number of rotatable bonds is 11. The van der Waals surface area contributed by atoms with E-state index in [1.165, 1.54) is 5.56 Å². The summed E-state index contributed by atoms with van der Waals surface area (Å²) < 4.78 is 13.7. The lowest BCUT2D eigenvalue weighted by molar-refractivity contribution is 0.0244. The number of hydrogen-bond donors (Lipinski definition) is 1. The molecule has 224 valence electrons. The Morgan fingerprint density at radius 3 is 2.37 bits per heavy atom. The molecule has 2 heterocycles. The predicted octanol–water partition coefficient (Wildman–Crippen LogP) is 5.43. The lowest BCUT2D eigenvalue weighted by atomic mass is 10.00. The fourth-order valence-corrected chi connectivity index (χ4v) is 6.14. The van der Waals surface area contributed by atoms with Crippen LogP contribution in [0.1, 0.15) is 42.2 Å². The number of hydrogen-bond acceptors (Lipinski definition) is 6. The second kappa shape index (κ2) is 13.0. The molecule has 1 saturated heterocycles. The number of aliphatic hydroxyl groups is 1. The molecule has 1 N–H and O–H groups in total. The summed E-state index contributed by atoms with van der Waals surface area (Å²) in [6, 6.07) is 28.2. The van der Waals surface area contributed by atoms with E-state index in [1.54, 1.807) is 7.11 Å². The summed E-state index contributed by atoms with van der Waals surface area (Å²) >= 11 is 0. The standard InChI is InChI=1S/C35H40N4O4/c1-3-43-35-36-32(33(27-14-8-5-9-15-27)39(35)29-16-10-11-17-31(29)42-2)34(41)38-21-20-37(23-25-12-6-4-7-13-25)24-28(38)22-30(40)26-18-19-26/h4-17,26,28,30,40H,3,18-24H2,1-2H3/t28?,30-/m0/s1. The first-order chi connectivity index (χ1) is 21.1. The minimum absolute atomic E-state index is 0.142. The Kier molecular flexibility index (Phi) is 8.77. The lowest BCUT2D eigenvalue weighted by Gasteiger charge is -2.42. The smallest absolute Gasteiger partial charge is 0.302 e. The summed E-state index contributed by atoms with van der Waals surface area (Å²) in [5.74, 6) is 0.827. The number of aromatic nitrogens is 2. The number of methoxy groups -OCH3 is 1. The third-order valence-electron chi connectivity index (χ3n) is 8.45. The summed E-state index contributed by atoms with van der Waals surface area (Å²) in [7, 11) is 1.63. The van der Waals surface area contributed by atoms with E-state index in [4.69, 9.17) is 14.5 Å². The first kappa shape index (κ1) is 29.0. The minimum atomic E-state index is -0.421. The van der Waals surface area contributed by atoms with E-state index in [-0.39, 0.29) is 11.9 Å². The molecule has 1 aliphatic heterocycles. The van der Waals surface area contributed by atoms with E-state index < -0.39 is 6.10 Å². The second-order valence-corrected chi connectivity index (χ2v) is 11.4. The van der Waals surface area contributed by atoms with Gasteiger partial charge in [-0.05, 0) is 49.8 Å². The summed E-state index contributed by atoms with van der Waals surface area (Å²) in [5.41, 5.74) is 3.83. The zero-order valence-electron chi connectivity index (χ0n) is 24.9. The largest absolute Gasteiger partial charge is 0.495 e. The molecular weight excluding hydrogens is 540 g/mol. The van der Waals surface area contributed by atoms with Gasteiger partial charge in [0.1, 0.15) is 5.75 Å². The van der Waals surface area contributed by atoms with Crippen molar-refractivity contribution in [1.82, 2.24) is 19.4 Å². The average Bonchev–Trinajstić information content (AvgIpc) is 3.83. The number of aliphatic hydroxyl groups excluding tert-OH is 1. The molecule has 43 heavy (non-hydrogen) atoms. The van der Waals surface area contributed by atoms with Gasteiger partial charge in [0.25, 0.3) is 5.91 Å². The van der Waals surface area contributed by atoms with Crippen LogP contribution in [0.25, 0.3) is 16.9 Å². The van der Waals surface area contributed by atoms with E-state index >= 15 is 0 Å². The Balaban J connectivity index is 1.40. The Labute approximate surface area is 253 Å². The van der Waals surface area contributed by atoms with Gasteiger partial charge in [-0.1, -0.05) is 72.8 Å². The molecule has 1 unspecified atom stereocenters. The summed E-state index contributed by atoms with van der Waals surface area (Å²) in [6.45, 7) is 5.09. The van der Waals surface area contributed by atoms with Crippen LogP contribution in [0, 0.1) is 5.92 Å². The first-order valence-corrected chi connectivity index (χ1v) is 15.3. The normalized spacial score (nSPS) is 17.9. The lowest BCUT2D eigenvalue weighted by Crippen LogP contribution is -2.56. The third-order valence-corrected chi connectivity index (χ3v) is 8.45. The molecule has 0 spiro atoms. The second-order valence-electron chi connectivity index (χ2n) is 11.4. The number of para-hydroxylation sites is 2. The number of carbonyl (C=O) groups is 1. The highest BCUT2D eigenvalue weighted by molar-refractivity contribution is 5.99. The maximum Gasteiger partial charge on any atom is 0.302 e. The van der Waals surface area contributed by atoms with Crippen LogP contribution in [0.2, 0.25) is 0 Å². The van der Waals surface area contributed by atoms with Crippen molar-refractivity contribution in [3.63, 3.8) is 0 Å². The zero-order valence-corrected chi connectivity index (χ0v) is 24.9. The number of amides is 1. The van der Waals surface area contributed by atoms with Crippen molar-refractivity contribution < 1.29 is 19.4 Å². The van der Waals surface area contributed by atoms with E-state index in [0.717, 1.165) is 37.2 Å². The fraction of sp³-hybridized carbons (Fsp3) is 0.371. The molecule has 8 nitrogen and oxygen atoms in total. The molecule has 8 heteroatoms. The molecule has 0 bridgehead atoms. The van der Waals surface area contributed by atoms with E-state index in [2.05, 4.69) is 29.2 Å². The van der Waals surface area contributed by atoms with Crippen LogP contribution >= 0.6 is 0 Å². The molecule has 0 radical (unpaired) electrons. The molecule has 1 amide bonds. The molecule has 2 atom stereocenters. The van der Waals surface area contributed by atoms with Gasteiger partial charge in [-0.3, -0.25) is 14.3 Å². The molecule has 4 aromatic rings. The number of carbonyl (C=O) groups excluding carboxylic acids is 1. The van der Waals surface area contributed by atoms with Crippen molar-refractivity contribution in [3.8, 4) is 28.7 Å². The van der Waals surface area contributed by atoms with Gasteiger partial charge in [0.2, 0.25) is 0 Å². The highest BCUT2D eigenvalue weighted by Crippen LogP contribution is 2.38. The van der Waals surface area contributed by atoms with Gasteiger partial charge < -0.3 is 19.5 Å². The fourth-order valence-electron chi connectivity index (χ4n) is 6.14. The molecule has 1 aliphatic carbocycles. The Bertz CT molecular complexity index is 1520. The SMILES string of the molecule is CCOc1nc(C(=O)N2CCN(Cc3ccccc3)CC2C[C@H](O)C2CC2)c(-c2ccccc2)n1-c1ccccc1OC. The van der Waals surface area contributed by atoms with Gasteiger partial charge in [-0.15, -0.1) is 0 Å². The number of benzene rings is 3. The van der Waals surface area contributed by atoms with Crippen LogP contribution in [0.15, 0.2) is 84.9 Å². The van der Waals surface area contributed by atoms with Crippen molar-refractivity contribution in [1.29, 1.82) is 0 Å². The molecule has 3 aromatic carbocycles. The maximum atomic E-state index is 14.7. The van der Waals surface area contributed by atoms with Gasteiger partial charge in [0.15, 0.2) is 5.69 Å². The molecule has 1 saturated carbocycles. The van der Waals surface area contributed by atoms with Gasteiger partial charge in [-0.2, -0.15) is 4.98 Å². The quantitative estimate of drug-likeness (QED) is 0.255. The molecule has 6 rings (SSSR count). The van der Waals surface area contributed by atoms with Gasteiger partial charge in [0.05, 0.1) is 31.2 Å². The van der Waals surface area contributed by atoms with Crippen molar-refractivity contribution in [2.45, 2.75) is 44.9 Å². The van der Waals surface area contributed by atoms with E-state index in [1.807, 2.05) is 77.1 Å². The third kappa shape index (κ3) is 6.31. The van der Waals surface area contributed by atoms with Crippen LogP contribution in [0.5, 0.6) is 11.8 Å². The molecule has 2 aliphatic rings. The summed E-state index contributed by atoms with van der Waals surface area (Å²) in [5, 5.41) is 11.0. The predicted molar refractivity (Wildman–Crippen MR) is 167 cm³/mol. The monoisotopic (exact) mass is 580 g/mol. The number of ether oxygens (including phenoxy) is 2. The van der Waals surface area contributed by atoms with Gasteiger partial charge in [-0.25, -0.2) is 0 Å². The average molecular weight is 581 g/mol. The summed E-state index contributed by atoms with van der Waals surface area (Å²) in [6.07, 6.45) is 2.23. The Morgan fingerprint density at radius 2 is 1.67 bits per heavy atom. The highest BCUT2D eigenvalue weighted by atomic mass is 16.5. The van der Waals surface area contributed by atoms with Crippen molar-refractivity contribution in [2.24, 2.45) is 5.92 Å². The summed E-state index contributed by atoms with van der Waals surface area (Å²) in [4.78, 5) is 23.8. The zero-order chi connectivity index (χ0) is 29.8. The van der Waals surface area contributed by atoms with Crippen molar-refractivity contribution in [3.05, 3.63) is 96.2 Å². The number of piperazine rings is 1. The Hall–Kier alpha value is -4.14. The topological polar surface area (TPSA) is 80.1 Å². The Morgan fingerprint density at radius 1 is 0.977 bits per heavy atom. The van der Waals surface area contributed by atoms with Crippen LogP contribution in [-0.2, 0) is 6.54 Å². The van der Waals surface area contributed by atoms with E-state index in [9.17, 15) is 9.90 Å². The van der Waals surface area contributed by atoms with Crippen LogP contribution in [0.4, 0.5) is 0 Å². The van der Waals surface area contributed by atoms with Crippen molar-refractivity contribution >= 4 is 5.91 Å². The maximum absolute atomic E-state index is 14.7. The molecular formula is C35H40N4O4. The molecule has 1 aromatic heterocycles. The van der Waals surface area contributed by atoms with E-state index in [0.29, 0.717) is 55.2 Å². The van der Waals surface area contributed by atoms with Crippen LogP contribution < -0.4 is 9.47 Å². The molecule has 2 fully saturated rings. The van der Waals surface area contributed by atoms with Crippen molar-refractivity contribution in [2.75, 3.05) is 33.4 Å². The highest BCUT2D eigenvalue weighted by Gasteiger charge is 2.39.